The summed E-state index contributed by atoms with van der Waals surface area (Å²) in [6.45, 7) is 2.05. The molecule has 6 heteroatoms. The Labute approximate surface area is 104 Å². The number of rotatable bonds is 3. The molecule has 3 N–H and O–H groups in total. The number of anilines is 1. The van der Waals surface area contributed by atoms with E-state index in [1.807, 2.05) is 6.92 Å². The Balaban J connectivity index is 2.26. The summed E-state index contributed by atoms with van der Waals surface area (Å²) in [4.78, 5) is 29.1. The zero-order valence-electron chi connectivity index (χ0n) is 10.3. The van der Waals surface area contributed by atoms with Gasteiger partial charge in [-0.1, -0.05) is 19.8 Å². The highest BCUT2D eigenvalue weighted by Crippen LogP contribution is 2.34. The number of nitrogens with zero attached hydrogens (tertiary/aromatic N) is 1. The fraction of sp³-hybridized carbons (Fsp3) is 0.583. The van der Waals surface area contributed by atoms with Crippen molar-refractivity contribution in [3.8, 4) is 0 Å². The lowest BCUT2D eigenvalue weighted by Gasteiger charge is -2.37. The summed E-state index contributed by atoms with van der Waals surface area (Å²) < 4.78 is 0. The predicted molar refractivity (Wildman–Crippen MR) is 66.5 cm³/mol. The zero-order valence-corrected chi connectivity index (χ0v) is 10.3. The zero-order chi connectivity index (χ0) is 13.2. The van der Waals surface area contributed by atoms with E-state index in [2.05, 4.69) is 15.3 Å². The lowest BCUT2D eigenvalue weighted by Crippen LogP contribution is -2.49. The first-order valence-corrected chi connectivity index (χ1v) is 6.08. The maximum Gasteiger partial charge on any atom is 0.329 e. The van der Waals surface area contributed by atoms with E-state index in [0.29, 0.717) is 24.6 Å². The van der Waals surface area contributed by atoms with Crippen molar-refractivity contribution in [3.05, 3.63) is 22.7 Å². The molecule has 2 rings (SSSR count). The van der Waals surface area contributed by atoms with Crippen molar-refractivity contribution in [1.29, 1.82) is 0 Å². The number of aromatic amines is 1. The molecule has 1 aromatic heterocycles. The molecule has 1 aliphatic carbocycles. The SMILES string of the molecule is CC1CCCC(Nc2cc(=O)[nH]cn2)(C(=O)O)C1. The number of hydrogen-bond acceptors (Lipinski definition) is 4. The van der Waals surface area contributed by atoms with Crippen LogP contribution in [0, 0.1) is 5.92 Å². The van der Waals surface area contributed by atoms with Crippen molar-refractivity contribution in [2.75, 3.05) is 5.32 Å². The summed E-state index contributed by atoms with van der Waals surface area (Å²) in [6.07, 6.45) is 4.29. The van der Waals surface area contributed by atoms with Gasteiger partial charge in [-0.3, -0.25) is 4.79 Å². The molecule has 98 valence electrons. The van der Waals surface area contributed by atoms with E-state index in [4.69, 9.17) is 0 Å². The third-order valence-electron chi connectivity index (χ3n) is 3.45. The molecule has 1 fully saturated rings. The largest absolute Gasteiger partial charge is 0.480 e. The molecule has 0 bridgehead atoms. The van der Waals surface area contributed by atoms with Gasteiger partial charge < -0.3 is 15.4 Å². The summed E-state index contributed by atoms with van der Waals surface area (Å²) in [5.41, 5.74) is -1.30. The van der Waals surface area contributed by atoms with Gasteiger partial charge in [0.25, 0.3) is 5.56 Å². The monoisotopic (exact) mass is 251 g/mol. The first-order chi connectivity index (χ1) is 8.52. The molecule has 1 aliphatic rings. The van der Waals surface area contributed by atoms with Gasteiger partial charge in [0.15, 0.2) is 0 Å². The smallest absolute Gasteiger partial charge is 0.329 e. The maximum atomic E-state index is 11.5. The van der Waals surface area contributed by atoms with Gasteiger partial charge in [0, 0.05) is 6.07 Å². The van der Waals surface area contributed by atoms with Gasteiger partial charge in [-0.05, 0) is 18.8 Å². The van der Waals surface area contributed by atoms with Crippen LogP contribution in [0.1, 0.15) is 32.6 Å². The summed E-state index contributed by atoms with van der Waals surface area (Å²) in [5.74, 6) is -0.212. The Morgan fingerprint density at radius 1 is 1.67 bits per heavy atom. The Bertz CT molecular complexity index is 499. The maximum absolute atomic E-state index is 11.5. The molecule has 0 radical (unpaired) electrons. The summed E-state index contributed by atoms with van der Waals surface area (Å²) in [7, 11) is 0. The molecule has 0 aromatic carbocycles. The molecule has 2 atom stereocenters. The van der Waals surface area contributed by atoms with Crippen molar-refractivity contribution in [2.45, 2.75) is 38.1 Å². The minimum Gasteiger partial charge on any atom is -0.480 e. The average Bonchev–Trinajstić information content (AvgIpc) is 2.28. The normalized spacial score (nSPS) is 27.7. The van der Waals surface area contributed by atoms with Crippen LogP contribution in [-0.4, -0.2) is 26.6 Å². The fourth-order valence-electron chi connectivity index (χ4n) is 2.59. The van der Waals surface area contributed by atoms with E-state index in [0.717, 1.165) is 12.8 Å². The second-order valence-electron chi connectivity index (χ2n) is 5.01. The Hall–Kier alpha value is -1.85. The number of carboxylic acid groups (broad SMARTS) is 1. The van der Waals surface area contributed by atoms with E-state index >= 15 is 0 Å². The van der Waals surface area contributed by atoms with E-state index < -0.39 is 11.5 Å². The van der Waals surface area contributed by atoms with Crippen molar-refractivity contribution in [1.82, 2.24) is 9.97 Å². The molecule has 0 amide bonds. The van der Waals surface area contributed by atoms with Gasteiger partial charge in [0.2, 0.25) is 0 Å². The number of aliphatic carboxylic acids is 1. The van der Waals surface area contributed by atoms with Crippen LogP contribution in [0.25, 0.3) is 0 Å². The second-order valence-corrected chi connectivity index (χ2v) is 5.01. The van der Waals surface area contributed by atoms with Gasteiger partial charge in [0.05, 0.1) is 6.33 Å². The minimum atomic E-state index is -1.00. The summed E-state index contributed by atoms with van der Waals surface area (Å²) >= 11 is 0. The number of hydrogen-bond donors (Lipinski definition) is 3. The lowest BCUT2D eigenvalue weighted by molar-refractivity contribution is -0.144. The van der Waals surface area contributed by atoms with E-state index in [1.54, 1.807) is 0 Å². The lowest BCUT2D eigenvalue weighted by atomic mass is 9.76. The fourth-order valence-corrected chi connectivity index (χ4v) is 2.59. The van der Waals surface area contributed by atoms with Crippen LogP contribution < -0.4 is 10.9 Å². The molecule has 0 saturated heterocycles. The number of aromatic nitrogens is 2. The molecule has 6 nitrogen and oxygen atoms in total. The third-order valence-corrected chi connectivity index (χ3v) is 3.45. The molecule has 0 aliphatic heterocycles. The van der Waals surface area contributed by atoms with Crippen LogP contribution in [0.3, 0.4) is 0 Å². The highest BCUT2D eigenvalue weighted by Gasteiger charge is 2.42. The minimum absolute atomic E-state index is 0.295. The van der Waals surface area contributed by atoms with Crippen molar-refractivity contribution in [2.24, 2.45) is 5.92 Å². The van der Waals surface area contributed by atoms with Gasteiger partial charge in [-0.15, -0.1) is 0 Å². The number of carboxylic acids is 1. The molecule has 1 aromatic rings. The molecule has 1 saturated carbocycles. The van der Waals surface area contributed by atoms with Crippen molar-refractivity contribution >= 4 is 11.8 Å². The highest BCUT2D eigenvalue weighted by molar-refractivity contribution is 5.82. The van der Waals surface area contributed by atoms with Crippen LogP contribution in [0.4, 0.5) is 5.82 Å². The average molecular weight is 251 g/mol. The molecule has 18 heavy (non-hydrogen) atoms. The van der Waals surface area contributed by atoms with Gasteiger partial charge in [-0.25, -0.2) is 9.78 Å². The van der Waals surface area contributed by atoms with Gasteiger partial charge >= 0.3 is 5.97 Å². The van der Waals surface area contributed by atoms with Gasteiger partial charge in [0.1, 0.15) is 11.4 Å². The molecular weight excluding hydrogens is 234 g/mol. The highest BCUT2D eigenvalue weighted by atomic mass is 16.4. The molecular formula is C12H17N3O3. The van der Waals surface area contributed by atoms with Gasteiger partial charge in [-0.2, -0.15) is 0 Å². The van der Waals surface area contributed by atoms with E-state index in [9.17, 15) is 14.7 Å². The summed E-state index contributed by atoms with van der Waals surface area (Å²) in [6, 6.07) is 1.28. The van der Waals surface area contributed by atoms with Crippen LogP contribution in [0.15, 0.2) is 17.2 Å². The molecule has 0 spiro atoms. The van der Waals surface area contributed by atoms with Crippen LogP contribution >= 0.6 is 0 Å². The first-order valence-electron chi connectivity index (χ1n) is 6.08. The Kier molecular flexibility index (Phi) is 3.36. The third kappa shape index (κ3) is 2.52. The predicted octanol–water partition coefficient (Wildman–Crippen LogP) is 1.22. The van der Waals surface area contributed by atoms with Crippen molar-refractivity contribution < 1.29 is 9.90 Å². The first kappa shape index (κ1) is 12.6. The molecule has 1 heterocycles. The Morgan fingerprint density at radius 3 is 3.06 bits per heavy atom. The van der Waals surface area contributed by atoms with Crippen LogP contribution in [0.2, 0.25) is 0 Å². The number of H-pyrrole nitrogens is 1. The van der Waals surface area contributed by atoms with Crippen LogP contribution in [-0.2, 0) is 4.79 Å². The number of carbonyl (C=O) groups is 1. The number of nitrogens with one attached hydrogen (secondary N) is 2. The second kappa shape index (κ2) is 4.80. The topological polar surface area (TPSA) is 95.1 Å². The summed E-state index contributed by atoms with van der Waals surface area (Å²) in [5, 5.41) is 12.4. The quantitative estimate of drug-likeness (QED) is 0.750. The Morgan fingerprint density at radius 2 is 2.44 bits per heavy atom. The van der Waals surface area contributed by atoms with E-state index in [-0.39, 0.29) is 5.56 Å². The van der Waals surface area contributed by atoms with Crippen molar-refractivity contribution in [3.63, 3.8) is 0 Å². The molecule has 2 unspecified atom stereocenters. The standard InChI is InChI=1S/C12H17N3O3/c1-8-3-2-4-12(6-8,11(17)18)15-9-5-10(16)14-7-13-9/h5,7-8H,2-4,6H2,1H3,(H,17,18)(H2,13,14,15,16). The van der Waals surface area contributed by atoms with E-state index in [1.165, 1.54) is 12.4 Å². The van der Waals surface area contributed by atoms with Crippen LogP contribution in [0.5, 0.6) is 0 Å².